The zero-order valence-corrected chi connectivity index (χ0v) is 15.5. The van der Waals surface area contributed by atoms with Crippen LogP contribution in [0.4, 0.5) is 28.0 Å². The number of rotatable bonds is 3. The molecule has 2 heterocycles. The first-order valence-corrected chi connectivity index (χ1v) is 9.15. The molecule has 0 aromatic heterocycles. The largest absolute Gasteiger partial charge is 0.418 e. The standard InChI is InChI=1S/C19H22F4N4O/c1-18(6-7-24)11-27(12-18)14-4-8-26(9-5-14)17(28)25-16-3-2-13(20)10-15(16)19(21,22)23/h2-3,10,14H,4-6,8-9,11-12H2,1H3,(H,25,28). The molecule has 0 saturated carbocycles. The monoisotopic (exact) mass is 398 g/mol. The van der Waals surface area contributed by atoms with Gasteiger partial charge in [-0.3, -0.25) is 4.90 Å². The summed E-state index contributed by atoms with van der Waals surface area (Å²) >= 11 is 0. The summed E-state index contributed by atoms with van der Waals surface area (Å²) < 4.78 is 52.4. The molecule has 0 radical (unpaired) electrons. The molecule has 9 heteroatoms. The van der Waals surface area contributed by atoms with E-state index in [0.717, 1.165) is 38.1 Å². The predicted molar refractivity (Wildman–Crippen MR) is 94.9 cm³/mol. The van der Waals surface area contributed by atoms with E-state index in [9.17, 15) is 22.4 Å². The van der Waals surface area contributed by atoms with Gasteiger partial charge < -0.3 is 10.2 Å². The third kappa shape index (κ3) is 4.38. The average Bonchev–Trinajstić information content (AvgIpc) is 2.60. The molecule has 0 unspecified atom stereocenters. The molecule has 0 spiro atoms. The number of piperidine rings is 1. The fourth-order valence-corrected chi connectivity index (χ4v) is 3.98. The Morgan fingerprint density at radius 3 is 2.54 bits per heavy atom. The number of amides is 2. The van der Waals surface area contributed by atoms with Crippen LogP contribution in [-0.2, 0) is 6.18 Å². The summed E-state index contributed by atoms with van der Waals surface area (Å²) in [5, 5.41) is 11.1. The van der Waals surface area contributed by atoms with Gasteiger partial charge in [0.25, 0.3) is 0 Å². The van der Waals surface area contributed by atoms with Gasteiger partial charge in [0.05, 0.1) is 17.3 Å². The molecule has 0 bridgehead atoms. The Balaban J connectivity index is 1.55. The highest BCUT2D eigenvalue weighted by Gasteiger charge is 2.42. The van der Waals surface area contributed by atoms with E-state index in [2.05, 4.69) is 23.2 Å². The summed E-state index contributed by atoms with van der Waals surface area (Å²) in [5.41, 5.74) is -1.62. The summed E-state index contributed by atoms with van der Waals surface area (Å²) in [6.45, 7) is 4.65. The highest BCUT2D eigenvalue weighted by atomic mass is 19.4. The number of hydrogen-bond acceptors (Lipinski definition) is 3. The van der Waals surface area contributed by atoms with Gasteiger partial charge in [-0.15, -0.1) is 0 Å². The Labute approximate surface area is 160 Å². The van der Waals surface area contributed by atoms with E-state index < -0.39 is 29.3 Å². The van der Waals surface area contributed by atoms with Crippen molar-refractivity contribution in [1.82, 2.24) is 9.80 Å². The number of alkyl halides is 3. The highest BCUT2D eigenvalue weighted by molar-refractivity contribution is 5.90. The maximum Gasteiger partial charge on any atom is 0.418 e. The molecule has 2 aliphatic rings. The number of nitrogens with one attached hydrogen (secondary N) is 1. The van der Waals surface area contributed by atoms with E-state index in [0.29, 0.717) is 31.6 Å². The van der Waals surface area contributed by atoms with Gasteiger partial charge in [0.15, 0.2) is 0 Å². The third-order valence-electron chi connectivity index (χ3n) is 5.47. The van der Waals surface area contributed by atoms with Gasteiger partial charge in [-0.2, -0.15) is 18.4 Å². The molecule has 0 aliphatic carbocycles. The van der Waals surface area contributed by atoms with Crippen LogP contribution < -0.4 is 5.32 Å². The van der Waals surface area contributed by atoms with Gasteiger partial charge in [-0.1, -0.05) is 6.92 Å². The molecule has 3 rings (SSSR count). The van der Waals surface area contributed by atoms with E-state index in [4.69, 9.17) is 5.26 Å². The number of nitrogens with zero attached hydrogens (tertiary/aromatic N) is 3. The van der Waals surface area contributed by atoms with Crippen molar-refractivity contribution in [3.05, 3.63) is 29.6 Å². The molecule has 28 heavy (non-hydrogen) atoms. The molecule has 2 fully saturated rings. The normalized spacial score (nSPS) is 20.4. The summed E-state index contributed by atoms with van der Waals surface area (Å²) in [5.74, 6) is -1.01. The third-order valence-corrected chi connectivity index (χ3v) is 5.47. The predicted octanol–water partition coefficient (Wildman–Crippen LogP) is 4.08. The lowest BCUT2D eigenvalue weighted by atomic mass is 9.77. The van der Waals surface area contributed by atoms with E-state index in [1.165, 1.54) is 4.90 Å². The first kappa shape index (κ1) is 20.4. The number of urea groups is 1. The van der Waals surface area contributed by atoms with Crippen LogP contribution in [0.15, 0.2) is 18.2 Å². The minimum absolute atomic E-state index is 0.0276. The van der Waals surface area contributed by atoms with Crippen molar-refractivity contribution >= 4 is 11.7 Å². The van der Waals surface area contributed by atoms with Gasteiger partial charge in [0.2, 0.25) is 0 Å². The fraction of sp³-hybridized carbons (Fsp3) is 0.579. The SMILES string of the molecule is CC1(CC#N)CN(C2CCN(C(=O)Nc3ccc(F)cc3C(F)(F)F)CC2)C1. The van der Waals surface area contributed by atoms with Crippen LogP contribution in [0.1, 0.15) is 31.7 Å². The Bertz CT molecular complexity index is 775. The van der Waals surface area contributed by atoms with Crippen LogP contribution in [0.5, 0.6) is 0 Å². The summed E-state index contributed by atoms with van der Waals surface area (Å²) in [6, 6.07) is 4.10. The first-order valence-electron chi connectivity index (χ1n) is 9.15. The highest BCUT2D eigenvalue weighted by Crippen LogP contribution is 2.37. The van der Waals surface area contributed by atoms with Crippen LogP contribution in [0.2, 0.25) is 0 Å². The second-order valence-electron chi connectivity index (χ2n) is 7.89. The average molecular weight is 398 g/mol. The molecule has 1 aromatic carbocycles. The molecular formula is C19H22F4N4O. The van der Waals surface area contributed by atoms with E-state index in [1.807, 2.05) is 0 Å². The number of halogens is 4. The number of hydrogen-bond donors (Lipinski definition) is 1. The van der Waals surface area contributed by atoms with Crippen LogP contribution in [0.25, 0.3) is 0 Å². The molecule has 2 aliphatic heterocycles. The van der Waals surface area contributed by atoms with Gasteiger partial charge in [0.1, 0.15) is 5.82 Å². The smallest absolute Gasteiger partial charge is 0.324 e. The number of carbonyl (C=O) groups is 1. The number of benzene rings is 1. The number of anilines is 1. The second-order valence-corrected chi connectivity index (χ2v) is 7.89. The van der Waals surface area contributed by atoms with Crippen LogP contribution in [0, 0.1) is 22.6 Å². The van der Waals surface area contributed by atoms with Crippen LogP contribution in [-0.4, -0.2) is 48.1 Å². The number of nitriles is 1. The molecule has 152 valence electrons. The van der Waals surface area contributed by atoms with Crippen molar-refractivity contribution in [1.29, 1.82) is 5.26 Å². The molecule has 1 aromatic rings. The van der Waals surface area contributed by atoms with Crippen molar-refractivity contribution in [3.63, 3.8) is 0 Å². The van der Waals surface area contributed by atoms with Crippen molar-refractivity contribution in [2.45, 2.75) is 38.4 Å². The van der Waals surface area contributed by atoms with Crippen LogP contribution in [0.3, 0.4) is 0 Å². The fourth-order valence-electron chi connectivity index (χ4n) is 3.98. The van der Waals surface area contributed by atoms with Gasteiger partial charge in [-0.25, -0.2) is 9.18 Å². The lowest BCUT2D eigenvalue weighted by molar-refractivity contribution is -0.137. The summed E-state index contributed by atoms with van der Waals surface area (Å²) in [4.78, 5) is 16.2. The molecule has 2 amide bonds. The Hall–Kier alpha value is -2.34. The van der Waals surface area contributed by atoms with Crippen molar-refractivity contribution < 1.29 is 22.4 Å². The Morgan fingerprint density at radius 2 is 1.96 bits per heavy atom. The molecule has 1 N–H and O–H groups in total. The minimum Gasteiger partial charge on any atom is -0.324 e. The lowest BCUT2D eigenvalue weighted by Gasteiger charge is -2.52. The molecule has 5 nitrogen and oxygen atoms in total. The van der Waals surface area contributed by atoms with Gasteiger partial charge >= 0.3 is 12.2 Å². The zero-order valence-electron chi connectivity index (χ0n) is 15.5. The summed E-state index contributed by atoms with van der Waals surface area (Å²) in [7, 11) is 0. The minimum atomic E-state index is -4.76. The van der Waals surface area contributed by atoms with E-state index in [1.54, 1.807) is 0 Å². The zero-order chi connectivity index (χ0) is 20.5. The van der Waals surface area contributed by atoms with Gasteiger partial charge in [0, 0.05) is 44.1 Å². The van der Waals surface area contributed by atoms with Crippen molar-refractivity contribution in [2.24, 2.45) is 5.41 Å². The van der Waals surface area contributed by atoms with E-state index >= 15 is 0 Å². The van der Waals surface area contributed by atoms with Crippen LogP contribution >= 0.6 is 0 Å². The lowest BCUT2D eigenvalue weighted by Crippen LogP contribution is -2.60. The first-order chi connectivity index (χ1) is 13.1. The summed E-state index contributed by atoms with van der Waals surface area (Å²) in [6.07, 6.45) is -2.79. The van der Waals surface area contributed by atoms with Gasteiger partial charge in [-0.05, 0) is 31.0 Å². The topological polar surface area (TPSA) is 59.4 Å². The maximum atomic E-state index is 13.2. The molecule has 2 saturated heterocycles. The molecular weight excluding hydrogens is 376 g/mol. The quantitative estimate of drug-likeness (QED) is 0.781. The number of likely N-dealkylation sites (tertiary alicyclic amines) is 2. The van der Waals surface area contributed by atoms with E-state index in [-0.39, 0.29) is 5.41 Å². The molecule has 0 atom stereocenters. The number of carbonyl (C=O) groups excluding carboxylic acids is 1. The van der Waals surface area contributed by atoms with Crippen molar-refractivity contribution in [3.8, 4) is 6.07 Å². The maximum absolute atomic E-state index is 13.2. The van der Waals surface area contributed by atoms with Crippen molar-refractivity contribution in [2.75, 3.05) is 31.5 Å². The second kappa shape index (κ2) is 7.59. The Morgan fingerprint density at radius 1 is 1.32 bits per heavy atom. The Kier molecular flexibility index (Phi) is 5.53.